The number of hydrogen-bond donors (Lipinski definition) is 1. The second-order valence-corrected chi connectivity index (χ2v) is 5.25. The maximum absolute atomic E-state index is 3.67. The molecule has 1 aliphatic heterocycles. The first-order chi connectivity index (χ1) is 7.68. The van der Waals surface area contributed by atoms with Crippen LogP contribution in [0.25, 0.3) is 0 Å². The van der Waals surface area contributed by atoms with Gasteiger partial charge in [0.1, 0.15) is 0 Å². The van der Waals surface area contributed by atoms with Gasteiger partial charge in [-0.05, 0) is 62.3 Å². The Morgan fingerprint density at radius 3 is 2.56 bits per heavy atom. The largest absolute Gasteiger partial charge is 0.313 e. The average Bonchev–Trinajstić information content (AvgIpc) is 2.26. The molecule has 16 heavy (non-hydrogen) atoms. The van der Waals surface area contributed by atoms with Crippen LogP contribution in [-0.4, -0.2) is 12.6 Å². The normalized spacial score (nSPS) is 25.7. The summed E-state index contributed by atoms with van der Waals surface area (Å²) in [7, 11) is 0. The highest BCUT2D eigenvalue weighted by Crippen LogP contribution is 2.22. The fraction of sp³-hybridized carbons (Fsp3) is 0.600. The van der Waals surface area contributed by atoms with Gasteiger partial charge in [0.05, 0.1) is 0 Å². The molecule has 1 aromatic carbocycles. The molecule has 0 aliphatic carbocycles. The molecule has 1 fully saturated rings. The first-order valence-corrected chi connectivity index (χ1v) is 6.47. The van der Waals surface area contributed by atoms with Gasteiger partial charge in [0.25, 0.3) is 0 Å². The molecule has 88 valence electrons. The molecule has 0 aromatic heterocycles. The minimum Gasteiger partial charge on any atom is -0.313 e. The number of nitrogens with one attached hydrogen (secondary N) is 1. The van der Waals surface area contributed by atoms with E-state index in [0.29, 0.717) is 6.04 Å². The van der Waals surface area contributed by atoms with Crippen LogP contribution in [0.2, 0.25) is 0 Å². The SMILES string of the molecule is Cc1cccc(C)c1CC1NCCCC1C. The zero-order valence-corrected chi connectivity index (χ0v) is 10.7. The lowest BCUT2D eigenvalue weighted by Crippen LogP contribution is -2.41. The number of hydrogen-bond acceptors (Lipinski definition) is 1. The summed E-state index contributed by atoms with van der Waals surface area (Å²) in [6.07, 6.45) is 3.91. The average molecular weight is 217 g/mol. The van der Waals surface area contributed by atoms with Gasteiger partial charge >= 0.3 is 0 Å². The zero-order valence-electron chi connectivity index (χ0n) is 10.7. The van der Waals surface area contributed by atoms with Crippen LogP contribution in [0.3, 0.4) is 0 Å². The van der Waals surface area contributed by atoms with Gasteiger partial charge in [-0.2, -0.15) is 0 Å². The number of benzene rings is 1. The van der Waals surface area contributed by atoms with E-state index in [1.165, 1.54) is 36.9 Å². The Hall–Kier alpha value is -0.820. The molecule has 1 aliphatic rings. The summed E-state index contributed by atoms with van der Waals surface area (Å²) in [4.78, 5) is 0. The Bertz CT molecular complexity index is 336. The third-order valence-corrected chi connectivity index (χ3v) is 4.00. The molecule has 0 amide bonds. The van der Waals surface area contributed by atoms with Gasteiger partial charge in [-0.1, -0.05) is 25.1 Å². The number of piperidine rings is 1. The van der Waals surface area contributed by atoms with Crippen molar-refractivity contribution in [2.45, 2.75) is 46.1 Å². The second-order valence-electron chi connectivity index (χ2n) is 5.25. The summed E-state index contributed by atoms with van der Waals surface area (Å²) in [5.41, 5.74) is 4.44. The molecule has 1 aromatic rings. The fourth-order valence-electron chi connectivity index (χ4n) is 2.78. The van der Waals surface area contributed by atoms with E-state index in [1.54, 1.807) is 5.56 Å². The first-order valence-electron chi connectivity index (χ1n) is 6.47. The molecule has 0 spiro atoms. The van der Waals surface area contributed by atoms with Gasteiger partial charge in [-0.25, -0.2) is 0 Å². The summed E-state index contributed by atoms with van der Waals surface area (Å²) in [6.45, 7) is 8.04. The van der Waals surface area contributed by atoms with E-state index in [2.05, 4.69) is 44.3 Å². The van der Waals surface area contributed by atoms with Crippen LogP contribution < -0.4 is 5.32 Å². The summed E-state index contributed by atoms with van der Waals surface area (Å²) >= 11 is 0. The third-order valence-electron chi connectivity index (χ3n) is 4.00. The molecular weight excluding hydrogens is 194 g/mol. The summed E-state index contributed by atoms with van der Waals surface area (Å²) in [5, 5.41) is 3.67. The van der Waals surface area contributed by atoms with E-state index >= 15 is 0 Å². The summed E-state index contributed by atoms with van der Waals surface area (Å²) in [5.74, 6) is 0.813. The van der Waals surface area contributed by atoms with Crippen LogP contribution in [0, 0.1) is 19.8 Å². The lowest BCUT2D eigenvalue weighted by atomic mass is 9.86. The molecule has 2 atom stereocenters. The topological polar surface area (TPSA) is 12.0 Å². The molecule has 1 N–H and O–H groups in total. The van der Waals surface area contributed by atoms with Crippen LogP contribution in [0.5, 0.6) is 0 Å². The minimum absolute atomic E-state index is 0.675. The van der Waals surface area contributed by atoms with Crippen LogP contribution in [0.1, 0.15) is 36.5 Å². The third kappa shape index (κ3) is 2.46. The van der Waals surface area contributed by atoms with Gasteiger partial charge in [0.15, 0.2) is 0 Å². The van der Waals surface area contributed by atoms with Crippen molar-refractivity contribution in [3.8, 4) is 0 Å². The zero-order chi connectivity index (χ0) is 11.5. The molecule has 1 heteroatoms. The van der Waals surface area contributed by atoms with Crippen LogP contribution in [0.15, 0.2) is 18.2 Å². The van der Waals surface area contributed by atoms with Gasteiger partial charge in [-0.15, -0.1) is 0 Å². The monoisotopic (exact) mass is 217 g/mol. The summed E-state index contributed by atoms with van der Waals surface area (Å²) < 4.78 is 0. The molecule has 0 bridgehead atoms. The van der Waals surface area contributed by atoms with Crippen LogP contribution in [0.4, 0.5) is 0 Å². The van der Waals surface area contributed by atoms with Gasteiger partial charge in [0, 0.05) is 6.04 Å². The highest BCUT2D eigenvalue weighted by molar-refractivity contribution is 5.34. The Morgan fingerprint density at radius 1 is 1.25 bits per heavy atom. The highest BCUT2D eigenvalue weighted by Gasteiger charge is 2.21. The van der Waals surface area contributed by atoms with Crippen molar-refractivity contribution in [3.63, 3.8) is 0 Å². The predicted molar refractivity (Wildman–Crippen MR) is 69.8 cm³/mol. The maximum Gasteiger partial charge on any atom is 0.0133 e. The van der Waals surface area contributed by atoms with Crippen LogP contribution in [-0.2, 0) is 6.42 Å². The molecule has 2 rings (SSSR count). The lowest BCUT2D eigenvalue weighted by Gasteiger charge is -2.31. The Kier molecular flexibility index (Phi) is 3.65. The first kappa shape index (κ1) is 11.7. The molecule has 1 saturated heterocycles. The quantitative estimate of drug-likeness (QED) is 0.802. The molecule has 1 heterocycles. The van der Waals surface area contributed by atoms with Crippen molar-refractivity contribution >= 4 is 0 Å². The predicted octanol–water partition coefficient (Wildman–Crippen LogP) is 3.23. The lowest BCUT2D eigenvalue weighted by molar-refractivity contribution is 0.298. The molecule has 0 saturated carbocycles. The Morgan fingerprint density at radius 2 is 1.94 bits per heavy atom. The van der Waals surface area contributed by atoms with Gasteiger partial charge in [0.2, 0.25) is 0 Å². The van der Waals surface area contributed by atoms with Crippen molar-refractivity contribution in [2.75, 3.05) is 6.54 Å². The second kappa shape index (κ2) is 5.01. The van der Waals surface area contributed by atoms with Crippen molar-refractivity contribution < 1.29 is 0 Å². The smallest absolute Gasteiger partial charge is 0.0133 e. The highest BCUT2D eigenvalue weighted by atomic mass is 14.9. The van der Waals surface area contributed by atoms with E-state index in [0.717, 1.165) is 5.92 Å². The maximum atomic E-state index is 3.67. The Balaban J connectivity index is 2.13. The summed E-state index contributed by atoms with van der Waals surface area (Å²) in [6, 6.07) is 7.30. The van der Waals surface area contributed by atoms with Crippen molar-refractivity contribution in [2.24, 2.45) is 5.92 Å². The van der Waals surface area contributed by atoms with Gasteiger partial charge in [-0.3, -0.25) is 0 Å². The van der Waals surface area contributed by atoms with Crippen molar-refractivity contribution in [1.29, 1.82) is 0 Å². The molecule has 1 nitrogen and oxygen atoms in total. The van der Waals surface area contributed by atoms with E-state index in [9.17, 15) is 0 Å². The van der Waals surface area contributed by atoms with Crippen molar-refractivity contribution in [1.82, 2.24) is 5.32 Å². The minimum atomic E-state index is 0.675. The van der Waals surface area contributed by atoms with Crippen molar-refractivity contribution in [3.05, 3.63) is 34.9 Å². The van der Waals surface area contributed by atoms with E-state index < -0.39 is 0 Å². The van der Waals surface area contributed by atoms with E-state index in [4.69, 9.17) is 0 Å². The van der Waals surface area contributed by atoms with E-state index in [1.807, 2.05) is 0 Å². The van der Waals surface area contributed by atoms with Crippen LogP contribution >= 0.6 is 0 Å². The molecule has 2 unspecified atom stereocenters. The number of rotatable bonds is 2. The number of aryl methyl sites for hydroxylation is 2. The Labute approximate surface area is 99.3 Å². The standard InChI is InChI=1S/C15H23N/c1-11-6-4-7-12(2)14(11)10-15-13(3)8-5-9-16-15/h4,6-7,13,15-16H,5,8-10H2,1-3H3. The van der Waals surface area contributed by atoms with E-state index in [-0.39, 0.29) is 0 Å². The molecule has 0 radical (unpaired) electrons. The van der Waals surface area contributed by atoms with Gasteiger partial charge < -0.3 is 5.32 Å². The fourth-order valence-corrected chi connectivity index (χ4v) is 2.78. The molecular formula is C15H23N.